The molecular weight excluding hydrogens is 559 g/mol. The van der Waals surface area contributed by atoms with Gasteiger partial charge in [0, 0.05) is 44.8 Å². The molecule has 7 aromatic carbocycles. The second-order valence-electron chi connectivity index (χ2n) is 10.1. The van der Waals surface area contributed by atoms with E-state index in [9.17, 15) is 13.7 Å². The summed E-state index contributed by atoms with van der Waals surface area (Å²) in [7, 11) is 0. The Hall–Kier alpha value is -6.00. The van der Waals surface area contributed by atoms with E-state index < -0.39 is 253 Å². The van der Waals surface area contributed by atoms with Gasteiger partial charge in [-0.15, -0.1) is 0 Å². The molecule has 0 saturated carbocycles. The molecule has 0 bridgehead atoms. The molecule has 0 amide bonds. The van der Waals surface area contributed by atoms with Gasteiger partial charge in [-0.2, -0.15) is 0 Å². The van der Waals surface area contributed by atoms with Crippen LogP contribution in [0.3, 0.4) is 0 Å². The van der Waals surface area contributed by atoms with Crippen molar-refractivity contribution >= 4 is 79.2 Å². The number of para-hydroxylation sites is 5. The van der Waals surface area contributed by atoms with Crippen molar-refractivity contribution < 1.29 is 41.4 Å². The van der Waals surface area contributed by atoms with Gasteiger partial charge in [-0.3, -0.25) is 0 Å². The lowest BCUT2D eigenvalue weighted by Gasteiger charge is -2.44. The van der Waals surface area contributed by atoms with Crippen LogP contribution in [0.2, 0.25) is 0 Å². The highest BCUT2D eigenvalue weighted by atomic mass is 16.3. The fourth-order valence-corrected chi connectivity index (χ4v) is 6.09. The number of hydrogen-bond acceptors (Lipinski definition) is 3. The van der Waals surface area contributed by atoms with Gasteiger partial charge in [-0.25, -0.2) is 0 Å². The summed E-state index contributed by atoms with van der Waals surface area (Å²) in [6.07, 6.45) is 0. The Morgan fingerprint density at radius 2 is 0.978 bits per heavy atom. The summed E-state index contributed by atoms with van der Waals surface area (Å²) in [5, 5.41) is -1.06. The maximum Gasteiger partial charge on any atom is 0.252 e. The van der Waals surface area contributed by atoms with E-state index in [4.69, 9.17) is 27.7 Å². The van der Waals surface area contributed by atoms with Gasteiger partial charge in [-0.1, -0.05) is 109 Å². The Kier molecular flexibility index (Phi) is 2.23. The Morgan fingerprint density at radius 1 is 0.435 bits per heavy atom. The van der Waals surface area contributed by atoms with E-state index in [1.165, 1.54) is 0 Å². The minimum absolute atomic E-state index is 0.511. The van der Waals surface area contributed by atoms with Crippen LogP contribution in [0.25, 0.3) is 33.1 Å². The quantitative estimate of drug-likeness (QED) is 0.185. The van der Waals surface area contributed by atoms with Crippen LogP contribution in [-0.2, 0) is 0 Å². The summed E-state index contributed by atoms with van der Waals surface area (Å²) in [5.74, 6) is 0. The number of nitrogens with zero attached hydrogens (tertiary/aromatic N) is 2. The normalized spacial score (nSPS) is 21.3. The van der Waals surface area contributed by atoms with Gasteiger partial charge in [-0.05, 0) is 76.3 Å². The van der Waals surface area contributed by atoms with Crippen molar-refractivity contribution in [3.8, 4) is 11.1 Å². The van der Waals surface area contributed by atoms with E-state index >= 15 is 0 Å². The molecule has 1 aromatic heterocycles. The van der Waals surface area contributed by atoms with Crippen molar-refractivity contribution in [1.82, 2.24) is 0 Å². The molecule has 0 N–H and O–H groups in total. The first-order valence-electron chi connectivity index (χ1n) is 27.1. The Morgan fingerprint density at radius 3 is 1.78 bits per heavy atom. The van der Waals surface area contributed by atoms with Crippen molar-refractivity contribution in [2.75, 3.05) is 9.80 Å². The summed E-state index contributed by atoms with van der Waals surface area (Å²) in [5.41, 5.74) is -9.31. The smallest absolute Gasteiger partial charge is 0.252 e. The third kappa shape index (κ3) is 3.50. The lowest BCUT2D eigenvalue weighted by molar-refractivity contribution is 0.669. The molecular formula is C42H27BN2O. The molecule has 10 rings (SSSR count). The van der Waals surface area contributed by atoms with E-state index in [1.807, 2.05) is 0 Å². The van der Waals surface area contributed by atoms with E-state index in [2.05, 4.69) is 0 Å². The molecule has 0 radical (unpaired) electrons. The number of furan rings is 1. The number of anilines is 6. The molecule has 0 aliphatic carbocycles. The molecule has 0 spiro atoms. The van der Waals surface area contributed by atoms with E-state index in [-0.39, 0.29) is 0 Å². The summed E-state index contributed by atoms with van der Waals surface area (Å²) in [4.78, 5) is 1.40. The molecule has 0 unspecified atom stereocenters. The number of hydrogen-bond donors (Lipinski definition) is 0. The first-order chi connectivity index (χ1) is 34.1. The highest BCUT2D eigenvalue weighted by Crippen LogP contribution is 2.47. The SMILES string of the molecule is [2H]c1c([2H])c([2H])c(N2c3c([2H])c([2H])c([2H])c([2H])c3B3c4c([2H])c([2H])c([2H])c([2H])c4N(c4c([2H])c([2H])c([2H])c([2H])c4-c4c([2H])c([2H])c([2H])c5oc6c([2H])c([2H])c([2H])c([2H])c6c45)c4c([2H])c([2H])c([2H])c2c43)c([2H])c1[2H]. The second-order valence-corrected chi connectivity index (χ2v) is 10.1. The van der Waals surface area contributed by atoms with Crippen molar-refractivity contribution in [3.05, 3.63) is 163 Å². The lowest BCUT2D eigenvalue weighted by atomic mass is 9.33. The van der Waals surface area contributed by atoms with Gasteiger partial charge in [0.15, 0.2) is 0 Å². The molecule has 2 aliphatic rings. The zero-order valence-corrected chi connectivity index (χ0v) is 22.9. The Labute approximate surface area is 305 Å². The maximum absolute atomic E-state index is 9.71. The number of rotatable bonds is 3. The van der Waals surface area contributed by atoms with Gasteiger partial charge in [0.1, 0.15) is 11.2 Å². The third-order valence-corrected chi connectivity index (χ3v) is 7.82. The van der Waals surface area contributed by atoms with Crippen molar-refractivity contribution in [3.63, 3.8) is 0 Å². The minimum Gasteiger partial charge on any atom is -0.456 e. The topological polar surface area (TPSA) is 19.6 Å². The Bertz CT molecular complexity index is 3960. The predicted molar refractivity (Wildman–Crippen MR) is 193 cm³/mol. The van der Waals surface area contributed by atoms with Gasteiger partial charge in [0.2, 0.25) is 0 Å². The van der Waals surface area contributed by atoms with E-state index in [1.54, 1.807) is 0 Å². The molecule has 2 aliphatic heterocycles. The maximum atomic E-state index is 9.71. The first kappa shape index (κ1) is 10.5. The fraction of sp³-hybridized carbons (Fsp3) is 0. The average molecular weight is 614 g/mol. The largest absolute Gasteiger partial charge is 0.456 e. The lowest BCUT2D eigenvalue weighted by Crippen LogP contribution is -2.61. The molecule has 0 atom stereocenters. The van der Waals surface area contributed by atoms with Gasteiger partial charge >= 0.3 is 0 Å². The zero-order chi connectivity index (χ0) is 53.7. The molecule has 214 valence electrons. The van der Waals surface area contributed by atoms with Crippen LogP contribution in [0.1, 0.15) is 37.0 Å². The van der Waals surface area contributed by atoms with Crippen LogP contribution in [0, 0.1) is 0 Å². The van der Waals surface area contributed by atoms with Crippen LogP contribution >= 0.6 is 0 Å². The van der Waals surface area contributed by atoms with Crippen molar-refractivity contribution in [2.24, 2.45) is 0 Å². The monoisotopic (exact) mass is 613 g/mol. The minimum atomic E-state index is -1.96. The molecule has 4 heteroatoms. The van der Waals surface area contributed by atoms with Gasteiger partial charge in [0.05, 0.1) is 42.7 Å². The molecule has 8 aromatic rings. The second kappa shape index (κ2) is 9.75. The molecule has 46 heavy (non-hydrogen) atoms. The first-order valence-corrected chi connectivity index (χ1v) is 13.6. The zero-order valence-electron chi connectivity index (χ0n) is 49.9. The number of benzene rings is 7. The van der Waals surface area contributed by atoms with Crippen LogP contribution < -0.4 is 26.2 Å². The van der Waals surface area contributed by atoms with Crippen LogP contribution in [-0.4, -0.2) is 6.71 Å². The van der Waals surface area contributed by atoms with E-state index in [0.717, 1.165) is 0 Å². The number of fused-ring (bicyclic) bond motifs is 7. The van der Waals surface area contributed by atoms with Crippen molar-refractivity contribution in [2.45, 2.75) is 0 Å². The Balaban J connectivity index is 1.51. The fourth-order valence-electron chi connectivity index (χ4n) is 6.09. The highest BCUT2D eigenvalue weighted by Gasteiger charge is 2.43. The average Bonchev–Trinajstić information content (AvgIpc) is 3.77. The van der Waals surface area contributed by atoms with Crippen molar-refractivity contribution in [1.29, 1.82) is 0 Å². The predicted octanol–water partition coefficient (Wildman–Crippen LogP) is 9.34. The van der Waals surface area contributed by atoms with Gasteiger partial charge < -0.3 is 14.2 Å². The molecule has 0 saturated heterocycles. The summed E-state index contributed by atoms with van der Waals surface area (Å²) >= 11 is 0. The van der Waals surface area contributed by atoms with Gasteiger partial charge in [0.25, 0.3) is 6.71 Å². The van der Waals surface area contributed by atoms with Crippen LogP contribution in [0.15, 0.2) is 168 Å². The molecule has 0 fully saturated rings. The van der Waals surface area contributed by atoms with E-state index in [0.29, 0.717) is 9.80 Å². The standard InChI is InChI=1S/C42H27BN2O/c1-2-14-28(15-3-1)44-35-22-9-6-19-32(35)43-33-20-7-10-23-36(33)45(38-25-13-24-37(44)42(38)43)34-21-8-4-16-29(34)30-18-12-27-40-41(30)31-17-5-11-26-39(31)46-40/h1-27H/i1D,2D,3D,4D,5D,6D,7D,8D,9D,10D,11D,12D,13D,14D,15D,16D,17D,18D,19D,20D,21D,22D,23D,24D,25D,26D,27D. The molecule has 3 nitrogen and oxygen atoms in total. The van der Waals surface area contributed by atoms with Crippen LogP contribution in [0.5, 0.6) is 0 Å². The van der Waals surface area contributed by atoms with Crippen LogP contribution in [0.4, 0.5) is 34.1 Å². The highest BCUT2D eigenvalue weighted by molar-refractivity contribution is 7.00. The summed E-state index contributed by atoms with van der Waals surface area (Å²) in [6.45, 7) is -1.96. The summed E-state index contributed by atoms with van der Waals surface area (Å²) < 4.78 is 251. The summed E-state index contributed by atoms with van der Waals surface area (Å²) in [6, 6.07) is -25.8. The molecule has 3 heterocycles. The third-order valence-electron chi connectivity index (χ3n) is 7.82.